The van der Waals surface area contributed by atoms with Gasteiger partial charge in [-0.1, -0.05) is 18.2 Å². The molecule has 3 rings (SSSR count). The number of thiophene rings is 1. The van der Waals surface area contributed by atoms with Gasteiger partial charge in [0.05, 0.1) is 6.42 Å². The fourth-order valence-corrected chi connectivity index (χ4v) is 2.89. The highest BCUT2D eigenvalue weighted by Crippen LogP contribution is 2.24. The monoisotopic (exact) mass is 282 g/mol. The standard InChI is InChI=1S/C16H14N2OS/c17-14-4-2-1-3-11(14)10-16(19)18-13-5-6-15-12(9-13)7-8-20-15/h1-9H,10,17H2,(H,18,19). The topological polar surface area (TPSA) is 55.1 Å². The van der Waals surface area contributed by atoms with E-state index in [2.05, 4.69) is 5.32 Å². The molecule has 0 fully saturated rings. The van der Waals surface area contributed by atoms with Crippen molar-refractivity contribution in [3.63, 3.8) is 0 Å². The maximum atomic E-state index is 12.0. The van der Waals surface area contributed by atoms with Crippen LogP contribution in [0.15, 0.2) is 53.9 Å². The van der Waals surface area contributed by atoms with Gasteiger partial charge in [0.25, 0.3) is 0 Å². The Hall–Kier alpha value is -2.33. The van der Waals surface area contributed by atoms with E-state index in [0.717, 1.165) is 16.6 Å². The summed E-state index contributed by atoms with van der Waals surface area (Å²) in [5.41, 5.74) is 8.16. The number of para-hydroxylation sites is 1. The van der Waals surface area contributed by atoms with Crippen molar-refractivity contribution in [2.45, 2.75) is 6.42 Å². The van der Waals surface area contributed by atoms with E-state index in [-0.39, 0.29) is 12.3 Å². The first-order valence-corrected chi connectivity index (χ1v) is 7.21. The lowest BCUT2D eigenvalue weighted by Crippen LogP contribution is -2.15. The van der Waals surface area contributed by atoms with Gasteiger partial charge in [-0.05, 0) is 46.7 Å². The molecule has 0 aliphatic carbocycles. The van der Waals surface area contributed by atoms with E-state index in [0.29, 0.717) is 5.69 Å². The summed E-state index contributed by atoms with van der Waals surface area (Å²) in [5, 5.41) is 6.10. The van der Waals surface area contributed by atoms with Crippen molar-refractivity contribution in [1.82, 2.24) is 0 Å². The number of amides is 1. The second-order valence-corrected chi connectivity index (χ2v) is 5.54. The normalized spacial score (nSPS) is 10.6. The summed E-state index contributed by atoms with van der Waals surface area (Å²) in [7, 11) is 0. The van der Waals surface area contributed by atoms with Gasteiger partial charge in [0, 0.05) is 16.1 Å². The summed E-state index contributed by atoms with van der Waals surface area (Å²) in [6, 6.07) is 15.4. The molecule has 0 bridgehead atoms. The van der Waals surface area contributed by atoms with E-state index in [1.54, 1.807) is 17.4 Å². The summed E-state index contributed by atoms with van der Waals surface area (Å²) in [6.07, 6.45) is 0.286. The van der Waals surface area contributed by atoms with Crippen LogP contribution >= 0.6 is 11.3 Å². The third-order valence-electron chi connectivity index (χ3n) is 3.14. The average molecular weight is 282 g/mol. The molecule has 1 heterocycles. The van der Waals surface area contributed by atoms with Gasteiger partial charge in [-0.2, -0.15) is 0 Å². The molecule has 0 aliphatic heterocycles. The molecular formula is C16H14N2OS. The van der Waals surface area contributed by atoms with E-state index in [1.165, 1.54) is 4.70 Å². The van der Waals surface area contributed by atoms with Crippen LogP contribution in [0.3, 0.4) is 0 Å². The molecule has 20 heavy (non-hydrogen) atoms. The predicted molar refractivity (Wildman–Crippen MR) is 85.0 cm³/mol. The van der Waals surface area contributed by atoms with Crippen molar-refractivity contribution >= 4 is 38.7 Å². The zero-order valence-electron chi connectivity index (χ0n) is 10.8. The van der Waals surface area contributed by atoms with E-state index < -0.39 is 0 Å². The minimum Gasteiger partial charge on any atom is -0.398 e. The Bertz CT molecular complexity index is 764. The van der Waals surface area contributed by atoms with Gasteiger partial charge in [-0.25, -0.2) is 0 Å². The van der Waals surface area contributed by atoms with E-state index in [1.807, 2.05) is 47.8 Å². The van der Waals surface area contributed by atoms with E-state index in [9.17, 15) is 4.79 Å². The number of fused-ring (bicyclic) bond motifs is 1. The van der Waals surface area contributed by atoms with Crippen LogP contribution in [0.25, 0.3) is 10.1 Å². The summed E-state index contributed by atoms with van der Waals surface area (Å²) >= 11 is 1.69. The number of hydrogen-bond acceptors (Lipinski definition) is 3. The molecule has 0 radical (unpaired) electrons. The first-order valence-electron chi connectivity index (χ1n) is 6.33. The maximum absolute atomic E-state index is 12.0. The number of nitrogens with one attached hydrogen (secondary N) is 1. The van der Waals surface area contributed by atoms with Gasteiger partial charge in [-0.3, -0.25) is 4.79 Å². The number of rotatable bonds is 3. The highest BCUT2D eigenvalue weighted by molar-refractivity contribution is 7.17. The number of carbonyl (C=O) groups is 1. The van der Waals surface area contributed by atoms with Crippen molar-refractivity contribution in [2.75, 3.05) is 11.1 Å². The minimum absolute atomic E-state index is 0.0579. The van der Waals surface area contributed by atoms with Gasteiger partial charge in [0.2, 0.25) is 5.91 Å². The van der Waals surface area contributed by atoms with E-state index >= 15 is 0 Å². The third kappa shape index (κ3) is 2.65. The second-order valence-electron chi connectivity index (χ2n) is 4.60. The Morgan fingerprint density at radius 3 is 2.85 bits per heavy atom. The molecule has 1 aromatic heterocycles. The van der Waals surface area contributed by atoms with Gasteiger partial charge < -0.3 is 11.1 Å². The SMILES string of the molecule is Nc1ccccc1CC(=O)Nc1ccc2sccc2c1. The quantitative estimate of drug-likeness (QED) is 0.720. The number of nitrogens with two attached hydrogens (primary N) is 1. The molecule has 1 amide bonds. The number of hydrogen-bond donors (Lipinski definition) is 2. The smallest absolute Gasteiger partial charge is 0.228 e. The van der Waals surface area contributed by atoms with Crippen molar-refractivity contribution in [2.24, 2.45) is 0 Å². The van der Waals surface area contributed by atoms with Crippen LogP contribution in [0.5, 0.6) is 0 Å². The van der Waals surface area contributed by atoms with Crippen LogP contribution in [-0.4, -0.2) is 5.91 Å². The summed E-state index contributed by atoms with van der Waals surface area (Å²) in [6.45, 7) is 0. The molecule has 0 atom stereocenters. The summed E-state index contributed by atoms with van der Waals surface area (Å²) < 4.78 is 1.22. The largest absolute Gasteiger partial charge is 0.398 e. The molecule has 3 nitrogen and oxygen atoms in total. The molecule has 0 saturated heterocycles. The molecule has 0 spiro atoms. The molecule has 0 aliphatic rings. The number of anilines is 2. The van der Waals surface area contributed by atoms with Crippen LogP contribution in [0.2, 0.25) is 0 Å². The van der Waals surface area contributed by atoms with Crippen LogP contribution in [-0.2, 0) is 11.2 Å². The molecular weight excluding hydrogens is 268 g/mol. The fraction of sp³-hybridized carbons (Fsp3) is 0.0625. The molecule has 0 saturated carbocycles. The van der Waals surface area contributed by atoms with Crippen LogP contribution in [0.1, 0.15) is 5.56 Å². The van der Waals surface area contributed by atoms with Crippen LogP contribution in [0.4, 0.5) is 11.4 Å². The maximum Gasteiger partial charge on any atom is 0.228 e. The Labute approximate surface area is 121 Å². The molecule has 3 N–H and O–H groups in total. The number of nitrogen functional groups attached to an aromatic ring is 1. The first-order chi connectivity index (χ1) is 9.72. The van der Waals surface area contributed by atoms with Crippen molar-refractivity contribution in [1.29, 1.82) is 0 Å². The predicted octanol–water partition coefficient (Wildman–Crippen LogP) is 3.66. The summed E-state index contributed by atoms with van der Waals surface area (Å²) in [4.78, 5) is 12.0. The van der Waals surface area contributed by atoms with Gasteiger partial charge >= 0.3 is 0 Å². The first kappa shape index (κ1) is 12.7. The van der Waals surface area contributed by atoms with Crippen molar-refractivity contribution in [3.05, 3.63) is 59.5 Å². The molecule has 3 aromatic rings. The van der Waals surface area contributed by atoms with Crippen LogP contribution < -0.4 is 11.1 Å². The fourth-order valence-electron chi connectivity index (χ4n) is 2.12. The van der Waals surface area contributed by atoms with E-state index in [4.69, 9.17) is 5.73 Å². The molecule has 0 unspecified atom stereocenters. The lowest BCUT2D eigenvalue weighted by Gasteiger charge is -2.07. The molecule has 100 valence electrons. The zero-order chi connectivity index (χ0) is 13.9. The second kappa shape index (κ2) is 5.35. The van der Waals surface area contributed by atoms with Crippen molar-refractivity contribution < 1.29 is 4.79 Å². The Morgan fingerprint density at radius 1 is 1.15 bits per heavy atom. The molecule has 2 aromatic carbocycles. The van der Waals surface area contributed by atoms with Crippen LogP contribution in [0, 0.1) is 0 Å². The Kier molecular flexibility index (Phi) is 3.39. The average Bonchev–Trinajstić information content (AvgIpc) is 2.89. The lowest BCUT2D eigenvalue weighted by atomic mass is 10.1. The number of carbonyl (C=O) groups excluding carboxylic acids is 1. The highest BCUT2D eigenvalue weighted by atomic mass is 32.1. The zero-order valence-corrected chi connectivity index (χ0v) is 11.6. The Balaban J connectivity index is 1.74. The highest BCUT2D eigenvalue weighted by Gasteiger charge is 2.07. The van der Waals surface area contributed by atoms with Gasteiger partial charge in [0.1, 0.15) is 0 Å². The third-order valence-corrected chi connectivity index (χ3v) is 4.04. The Morgan fingerprint density at radius 2 is 2.00 bits per heavy atom. The van der Waals surface area contributed by atoms with Gasteiger partial charge in [0.15, 0.2) is 0 Å². The minimum atomic E-state index is -0.0579. The molecule has 4 heteroatoms. The van der Waals surface area contributed by atoms with Gasteiger partial charge in [-0.15, -0.1) is 11.3 Å². The van der Waals surface area contributed by atoms with Crippen molar-refractivity contribution in [3.8, 4) is 0 Å². The lowest BCUT2D eigenvalue weighted by molar-refractivity contribution is -0.115. The summed E-state index contributed by atoms with van der Waals surface area (Å²) in [5.74, 6) is -0.0579. The number of benzene rings is 2.